The molecular formula is C20H28N4O2. The van der Waals surface area contributed by atoms with Crippen molar-refractivity contribution in [1.82, 2.24) is 14.6 Å². The smallest absolute Gasteiger partial charge is 0.309 e. The molecule has 0 N–H and O–H groups in total. The number of hydrogen-bond donors (Lipinski definition) is 0. The molecule has 0 spiro atoms. The van der Waals surface area contributed by atoms with Crippen LogP contribution in [0, 0.1) is 5.92 Å². The Labute approximate surface area is 154 Å². The van der Waals surface area contributed by atoms with Crippen molar-refractivity contribution in [3.05, 3.63) is 24.2 Å². The van der Waals surface area contributed by atoms with Crippen molar-refractivity contribution in [2.75, 3.05) is 11.4 Å². The second kappa shape index (κ2) is 6.25. The van der Waals surface area contributed by atoms with Gasteiger partial charge in [0.15, 0.2) is 5.82 Å². The first kappa shape index (κ1) is 17.3. The van der Waals surface area contributed by atoms with Gasteiger partial charge in [0.2, 0.25) is 0 Å². The van der Waals surface area contributed by atoms with Gasteiger partial charge in [0.05, 0.1) is 5.92 Å². The average molecular weight is 356 g/mol. The summed E-state index contributed by atoms with van der Waals surface area (Å²) < 4.78 is 7.54. The number of aromatic nitrogens is 3. The molecule has 1 aliphatic carbocycles. The van der Waals surface area contributed by atoms with Gasteiger partial charge in [-0.3, -0.25) is 4.79 Å². The minimum Gasteiger partial charge on any atom is -0.460 e. The Morgan fingerprint density at radius 3 is 2.69 bits per heavy atom. The molecule has 2 aromatic heterocycles. The molecule has 4 rings (SSSR count). The van der Waals surface area contributed by atoms with Crippen molar-refractivity contribution in [3.63, 3.8) is 0 Å². The molecule has 2 aromatic rings. The maximum atomic E-state index is 12.5. The molecule has 6 nitrogen and oxygen atoms in total. The van der Waals surface area contributed by atoms with E-state index in [1.54, 1.807) is 6.33 Å². The highest BCUT2D eigenvalue weighted by Gasteiger charge is 2.35. The predicted octanol–water partition coefficient (Wildman–Crippen LogP) is 3.55. The van der Waals surface area contributed by atoms with Crippen LogP contribution in [0.15, 0.2) is 18.6 Å². The first-order chi connectivity index (χ1) is 12.3. The van der Waals surface area contributed by atoms with Crippen LogP contribution in [0.3, 0.4) is 0 Å². The SMILES string of the molecule is C[C@@H]1C[C@@H](C(=O)OC(C)(C)C)CCN1c1ncnn2ccc(C3CC3)c12. The van der Waals surface area contributed by atoms with Gasteiger partial charge in [0, 0.05) is 18.8 Å². The van der Waals surface area contributed by atoms with Crippen LogP contribution in [0.1, 0.15) is 64.9 Å². The zero-order valence-corrected chi connectivity index (χ0v) is 16.1. The molecule has 0 aromatic carbocycles. The van der Waals surface area contributed by atoms with E-state index in [-0.39, 0.29) is 17.9 Å². The molecule has 2 fully saturated rings. The lowest BCUT2D eigenvalue weighted by Crippen LogP contribution is -2.44. The van der Waals surface area contributed by atoms with Gasteiger partial charge >= 0.3 is 5.97 Å². The quantitative estimate of drug-likeness (QED) is 0.787. The molecule has 26 heavy (non-hydrogen) atoms. The van der Waals surface area contributed by atoms with E-state index < -0.39 is 5.60 Å². The largest absolute Gasteiger partial charge is 0.460 e. The molecule has 1 aliphatic heterocycles. The van der Waals surface area contributed by atoms with Crippen molar-refractivity contribution in [2.45, 2.75) is 70.9 Å². The highest BCUT2D eigenvalue weighted by molar-refractivity contribution is 5.76. The fourth-order valence-corrected chi connectivity index (χ4v) is 3.98. The molecule has 2 atom stereocenters. The standard InChI is InChI=1S/C20H28N4O2/c1-13-11-15(19(25)26-20(2,3)4)7-9-23(13)18-17-16(14-5-6-14)8-10-24(17)22-12-21-18/h8,10,12-15H,5-7,9,11H2,1-4H3/t13-,15+/m1/s1. The highest BCUT2D eigenvalue weighted by atomic mass is 16.6. The first-order valence-corrected chi connectivity index (χ1v) is 9.65. The Morgan fingerprint density at radius 2 is 2.04 bits per heavy atom. The molecule has 0 radical (unpaired) electrons. The van der Waals surface area contributed by atoms with Gasteiger partial charge in [0.1, 0.15) is 17.4 Å². The van der Waals surface area contributed by atoms with E-state index in [4.69, 9.17) is 4.74 Å². The molecule has 0 bridgehead atoms. The van der Waals surface area contributed by atoms with Crippen molar-refractivity contribution in [1.29, 1.82) is 0 Å². The second-order valence-corrected chi connectivity index (χ2v) is 8.72. The molecule has 0 amide bonds. The van der Waals surface area contributed by atoms with Gasteiger partial charge in [0.25, 0.3) is 0 Å². The lowest BCUT2D eigenvalue weighted by Gasteiger charge is -2.38. The van der Waals surface area contributed by atoms with Crippen molar-refractivity contribution < 1.29 is 9.53 Å². The van der Waals surface area contributed by atoms with Crippen LogP contribution in [-0.4, -0.2) is 38.8 Å². The Bertz CT molecular complexity index is 819. The Kier molecular flexibility index (Phi) is 4.16. The van der Waals surface area contributed by atoms with Gasteiger partial charge in [-0.25, -0.2) is 9.50 Å². The van der Waals surface area contributed by atoms with Gasteiger partial charge < -0.3 is 9.64 Å². The number of anilines is 1. The predicted molar refractivity (Wildman–Crippen MR) is 100 cm³/mol. The van der Waals surface area contributed by atoms with E-state index in [1.165, 1.54) is 18.4 Å². The third kappa shape index (κ3) is 3.29. The maximum absolute atomic E-state index is 12.5. The third-order valence-electron chi connectivity index (χ3n) is 5.37. The topological polar surface area (TPSA) is 59.7 Å². The molecule has 1 saturated heterocycles. The minimum atomic E-state index is -0.429. The van der Waals surface area contributed by atoms with Gasteiger partial charge in [-0.2, -0.15) is 5.10 Å². The first-order valence-electron chi connectivity index (χ1n) is 9.65. The van der Waals surface area contributed by atoms with Crippen LogP contribution in [0.25, 0.3) is 5.52 Å². The van der Waals surface area contributed by atoms with E-state index in [1.807, 2.05) is 31.5 Å². The number of piperidine rings is 1. The normalized spacial score (nSPS) is 24.1. The number of fused-ring (bicyclic) bond motifs is 1. The molecule has 140 valence electrons. The number of ether oxygens (including phenoxy) is 1. The highest BCUT2D eigenvalue weighted by Crippen LogP contribution is 2.44. The summed E-state index contributed by atoms with van der Waals surface area (Å²) in [5, 5.41) is 4.38. The lowest BCUT2D eigenvalue weighted by atomic mass is 9.91. The lowest BCUT2D eigenvalue weighted by molar-refractivity contribution is -0.161. The fourth-order valence-electron chi connectivity index (χ4n) is 3.98. The molecule has 2 aliphatic rings. The summed E-state index contributed by atoms with van der Waals surface area (Å²) in [5.41, 5.74) is 2.07. The summed E-state index contributed by atoms with van der Waals surface area (Å²) in [6, 6.07) is 2.42. The number of nitrogens with zero attached hydrogens (tertiary/aromatic N) is 4. The van der Waals surface area contributed by atoms with E-state index in [2.05, 4.69) is 28.0 Å². The molecule has 0 unspecified atom stereocenters. The van der Waals surface area contributed by atoms with Crippen molar-refractivity contribution in [2.24, 2.45) is 5.92 Å². The van der Waals surface area contributed by atoms with Crippen LogP contribution in [-0.2, 0) is 9.53 Å². The Hall–Kier alpha value is -2.11. The summed E-state index contributed by atoms with van der Waals surface area (Å²) in [7, 11) is 0. The number of esters is 1. The van der Waals surface area contributed by atoms with Gasteiger partial charge in [-0.1, -0.05) is 0 Å². The maximum Gasteiger partial charge on any atom is 0.309 e. The zero-order valence-electron chi connectivity index (χ0n) is 16.1. The summed E-state index contributed by atoms with van der Waals surface area (Å²) in [6.07, 6.45) is 7.77. The number of hydrogen-bond acceptors (Lipinski definition) is 5. The van der Waals surface area contributed by atoms with E-state index in [0.29, 0.717) is 5.92 Å². The van der Waals surface area contributed by atoms with Crippen molar-refractivity contribution in [3.8, 4) is 0 Å². The van der Waals surface area contributed by atoms with E-state index >= 15 is 0 Å². The fraction of sp³-hybridized carbons (Fsp3) is 0.650. The van der Waals surface area contributed by atoms with E-state index in [0.717, 1.165) is 30.7 Å². The molecule has 1 saturated carbocycles. The van der Waals surface area contributed by atoms with E-state index in [9.17, 15) is 4.79 Å². The zero-order chi connectivity index (χ0) is 18.5. The van der Waals surface area contributed by atoms with Crippen LogP contribution in [0.4, 0.5) is 5.82 Å². The molecule has 6 heteroatoms. The van der Waals surface area contributed by atoms with Crippen LogP contribution in [0.2, 0.25) is 0 Å². The summed E-state index contributed by atoms with van der Waals surface area (Å²) in [5.74, 6) is 1.55. The van der Waals surface area contributed by atoms with Crippen LogP contribution >= 0.6 is 0 Å². The summed E-state index contributed by atoms with van der Waals surface area (Å²) in [6.45, 7) is 8.76. The molecule has 3 heterocycles. The Balaban J connectivity index is 1.56. The van der Waals surface area contributed by atoms with Gasteiger partial charge in [-0.15, -0.1) is 0 Å². The number of rotatable bonds is 3. The summed E-state index contributed by atoms with van der Waals surface area (Å²) >= 11 is 0. The Morgan fingerprint density at radius 1 is 1.27 bits per heavy atom. The number of carbonyl (C=O) groups excluding carboxylic acids is 1. The number of carbonyl (C=O) groups is 1. The third-order valence-corrected chi connectivity index (χ3v) is 5.37. The molecular weight excluding hydrogens is 328 g/mol. The monoisotopic (exact) mass is 356 g/mol. The van der Waals surface area contributed by atoms with Crippen LogP contribution in [0.5, 0.6) is 0 Å². The van der Waals surface area contributed by atoms with Crippen molar-refractivity contribution >= 4 is 17.3 Å². The second-order valence-electron chi connectivity index (χ2n) is 8.72. The van der Waals surface area contributed by atoms with Gasteiger partial charge in [-0.05, 0) is 70.9 Å². The summed E-state index contributed by atoms with van der Waals surface area (Å²) in [4.78, 5) is 19.4. The minimum absolute atomic E-state index is 0.0342. The average Bonchev–Trinajstić information content (AvgIpc) is 3.32. The van der Waals surface area contributed by atoms with Crippen LogP contribution < -0.4 is 4.90 Å².